The number of nitrogens with zero attached hydrogens (tertiary/aromatic N) is 2. The van der Waals surface area contributed by atoms with Crippen LogP contribution in [0.15, 0.2) is 65.7 Å². The number of thiazole rings is 1. The van der Waals surface area contributed by atoms with Gasteiger partial charge in [0.2, 0.25) is 5.91 Å². The molecular formula is C24H14Cl3FN4OS2. The van der Waals surface area contributed by atoms with Gasteiger partial charge < -0.3 is 10.6 Å². The number of fused-ring (bicyclic) bond motifs is 1. The maximum atomic E-state index is 13.4. The summed E-state index contributed by atoms with van der Waals surface area (Å²) in [6.45, 7) is 0. The normalized spacial score (nSPS) is 11.6. The Kier molecular flexibility index (Phi) is 8.16. The molecule has 0 saturated carbocycles. The van der Waals surface area contributed by atoms with Crippen molar-refractivity contribution in [3.8, 4) is 6.07 Å². The number of rotatable bonds is 7. The van der Waals surface area contributed by atoms with Crippen molar-refractivity contribution >= 4 is 91.0 Å². The topological polar surface area (TPSA) is 77.8 Å². The Morgan fingerprint density at radius 3 is 2.40 bits per heavy atom. The van der Waals surface area contributed by atoms with Crippen LogP contribution in [0.2, 0.25) is 15.1 Å². The first kappa shape index (κ1) is 25.3. The number of nitrogens with one attached hydrogen (secondary N) is 2. The number of nitriles is 1. The van der Waals surface area contributed by atoms with E-state index in [1.54, 1.807) is 0 Å². The fourth-order valence-electron chi connectivity index (χ4n) is 2.98. The third kappa shape index (κ3) is 6.26. The van der Waals surface area contributed by atoms with Crippen LogP contribution in [-0.4, -0.2) is 16.6 Å². The number of anilines is 2. The van der Waals surface area contributed by atoms with Crippen molar-refractivity contribution in [1.82, 2.24) is 4.98 Å². The molecule has 0 spiro atoms. The van der Waals surface area contributed by atoms with Crippen LogP contribution in [0.4, 0.5) is 15.8 Å². The number of allylic oxidation sites excluding steroid dienone is 1. The van der Waals surface area contributed by atoms with Gasteiger partial charge in [0, 0.05) is 10.7 Å². The Hall–Kier alpha value is -2.80. The van der Waals surface area contributed by atoms with Crippen molar-refractivity contribution in [2.45, 2.75) is 0 Å². The Morgan fingerprint density at radius 2 is 1.74 bits per heavy atom. The minimum Gasteiger partial charge on any atom is -0.349 e. The van der Waals surface area contributed by atoms with Gasteiger partial charge in [0.05, 0.1) is 36.7 Å². The first-order valence-electron chi connectivity index (χ1n) is 9.94. The fourth-order valence-corrected chi connectivity index (χ4v) is 5.75. The average molecular weight is 564 g/mol. The summed E-state index contributed by atoms with van der Waals surface area (Å²) in [5, 5.41) is 17.4. The zero-order chi connectivity index (χ0) is 24.9. The number of hydrogen-bond acceptors (Lipinski definition) is 6. The summed E-state index contributed by atoms with van der Waals surface area (Å²) in [4.78, 5) is 17.3. The van der Waals surface area contributed by atoms with E-state index in [1.807, 2.05) is 24.3 Å². The van der Waals surface area contributed by atoms with Gasteiger partial charge in [-0.25, -0.2) is 9.37 Å². The number of halogens is 4. The second-order valence-corrected chi connectivity index (χ2v) is 10.3. The predicted molar refractivity (Wildman–Crippen MR) is 145 cm³/mol. The van der Waals surface area contributed by atoms with Crippen molar-refractivity contribution in [2.24, 2.45) is 0 Å². The Morgan fingerprint density at radius 1 is 1.06 bits per heavy atom. The lowest BCUT2D eigenvalue weighted by atomic mass is 10.3. The van der Waals surface area contributed by atoms with Crippen molar-refractivity contribution in [3.63, 3.8) is 0 Å². The molecule has 5 nitrogen and oxygen atoms in total. The van der Waals surface area contributed by atoms with E-state index in [1.165, 1.54) is 47.7 Å². The molecule has 0 fully saturated rings. The fraction of sp³-hybridized carbons (Fsp3) is 0.0417. The van der Waals surface area contributed by atoms with Crippen LogP contribution in [0.1, 0.15) is 5.01 Å². The van der Waals surface area contributed by atoms with Crippen LogP contribution < -0.4 is 10.6 Å². The van der Waals surface area contributed by atoms with Crippen LogP contribution >= 0.6 is 57.9 Å². The molecule has 0 radical (unpaired) electrons. The van der Waals surface area contributed by atoms with Crippen molar-refractivity contribution < 1.29 is 9.18 Å². The smallest absolute Gasteiger partial charge is 0.234 e. The number of thioether (sulfide) groups is 1. The highest BCUT2D eigenvalue weighted by Gasteiger charge is 2.18. The Balaban J connectivity index is 1.63. The SMILES string of the molecule is N#CC(=C(Nc1ccc(F)cc1)SCC(=O)Nc1c(Cl)cc(Cl)cc1Cl)c1nc2ccccc2s1. The van der Waals surface area contributed by atoms with Crippen LogP contribution in [0.5, 0.6) is 0 Å². The summed E-state index contributed by atoms with van der Waals surface area (Å²) in [5.41, 5.74) is 1.81. The van der Waals surface area contributed by atoms with E-state index in [0.717, 1.165) is 22.0 Å². The molecule has 1 aromatic heterocycles. The Bertz CT molecular complexity index is 1430. The molecule has 0 aliphatic rings. The third-order valence-electron chi connectivity index (χ3n) is 4.57. The summed E-state index contributed by atoms with van der Waals surface area (Å²) >= 11 is 20.7. The molecule has 0 bridgehead atoms. The summed E-state index contributed by atoms with van der Waals surface area (Å²) < 4.78 is 14.3. The number of para-hydroxylation sites is 1. The first-order chi connectivity index (χ1) is 16.8. The average Bonchev–Trinajstić information content (AvgIpc) is 3.25. The van der Waals surface area contributed by atoms with Gasteiger partial charge in [0.1, 0.15) is 22.5 Å². The van der Waals surface area contributed by atoms with E-state index in [4.69, 9.17) is 34.8 Å². The van der Waals surface area contributed by atoms with E-state index >= 15 is 0 Å². The minimum absolute atomic E-state index is 0.0745. The molecule has 11 heteroatoms. The van der Waals surface area contributed by atoms with E-state index in [9.17, 15) is 14.4 Å². The maximum Gasteiger partial charge on any atom is 0.234 e. The first-order valence-corrected chi connectivity index (χ1v) is 12.9. The van der Waals surface area contributed by atoms with Crippen molar-refractivity contribution in [3.05, 3.63) is 91.6 Å². The number of benzene rings is 3. The summed E-state index contributed by atoms with van der Waals surface area (Å²) in [6, 6.07) is 18.3. The molecule has 35 heavy (non-hydrogen) atoms. The van der Waals surface area contributed by atoms with Crippen LogP contribution in [0.3, 0.4) is 0 Å². The molecule has 176 valence electrons. The number of aromatic nitrogens is 1. The third-order valence-corrected chi connectivity index (χ3v) is 7.44. The van der Waals surface area contributed by atoms with Gasteiger partial charge in [-0.1, -0.05) is 58.7 Å². The lowest BCUT2D eigenvalue weighted by Gasteiger charge is -2.13. The molecular weight excluding hydrogens is 550 g/mol. The molecule has 4 rings (SSSR count). The zero-order valence-corrected chi connectivity index (χ0v) is 21.5. The minimum atomic E-state index is -0.402. The maximum absolute atomic E-state index is 13.4. The number of carbonyl (C=O) groups is 1. The molecule has 0 atom stereocenters. The van der Waals surface area contributed by atoms with Gasteiger partial charge in [-0.15, -0.1) is 11.3 Å². The standard InChI is InChI=1S/C24H14Cl3FN4OS2/c25-13-9-17(26)22(18(27)10-13)32-21(33)12-34-23(30-15-7-5-14(28)6-8-15)16(11-29)24-31-19-3-1-2-4-20(19)35-24/h1-10,30H,12H2,(H,32,33). The van der Waals surface area contributed by atoms with E-state index < -0.39 is 11.7 Å². The lowest BCUT2D eigenvalue weighted by Crippen LogP contribution is -2.16. The quantitative estimate of drug-likeness (QED) is 0.222. The highest BCUT2D eigenvalue weighted by atomic mass is 35.5. The van der Waals surface area contributed by atoms with Crippen LogP contribution in [-0.2, 0) is 4.79 Å². The highest BCUT2D eigenvalue weighted by Crippen LogP contribution is 2.35. The van der Waals surface area contributed by atoms with Gasteiger partial charge in [-0.3, -0.25) is 4.79 Å². The van der Waals surface area contributed by atoms with Gasteiger partial charge in [0.15, 0.2) is 0 Å². The molecule has 1 heterocycles. The second kappa shape index (κ2) is 11.3. The summed E-state index contributed by atoms with van der Waals surface area (Å²) in [7, 11) is 0. The molecule has 3 aromatic carbocycles. The van der Waals surface area contributed by atoms with Gasteiger partial charge >= 0.3 is 0 Å². The molecule has 4 aromatic rings. The van der Waals surface area contributed by atoms with E-state index in [2.05, 4.69) is 21.7 Å². The van der Waals surface area contributed by atoms with Crippen molar-refractivity contribution in [2.75, 3.05) is 16.4 Å². The zero-order valence-electron chi connectivity index (χ0n) is 17.6. The number of carbonyl (C=O) groups excluding carboxylic acids is 1. The monoisotopic (exact) mass is 562 g/mol. The lowest BCUT2D eigenvalue weighted by molar-refractivity contribution is -0.113. The Labute approximate surface area is 223 Å². The van der Waals surface area contributed by atoms with Crippen molar-refractivity contribution in [1.29, 1.82) is 5.26 Å². The van der Waals surface area contributed by atoms with E-state index in [-0.39, 0.29) is 27.1 Å². The molecule has 0 saturated heterocycles. The molecule has 0 aliphatic heterocycles. The van der Waals surface area contributed by atoms with Gasteiger partial charge in [-0.2, -0.15) is 5.26 Å². The number of hydrogen-bond donors (Lipinski definition) is 2. The summed E-state index contributed by atoms with van der Waals surface area (Å²) in [6.07, 6.45) is 0. The largest absolute Gasteiger partial charge is 0.349 e. The van der Waals surface area contributed by atoms with Crippen LogP contribution in [0, 0.1) is 17.1 Å². The number of amides is 1. The van der Waals surface area contributed by atoms with E-state index in [0.29, 0.717) is 20.7 Å². The molecule has 2 N–H and O–H groups in total. The second-order valence-electron chi connectivity index (χ2n) is 7.02. The van der Waals surface area contributed by atoms with Gasteiger partial charge in [0.25, 0.3) is 0 Å². The summed E-state index contributed by atoms with van der Waals surface area (Å²) in [5.74, 6) is -0.868. The molecule has 0 unspecified atom stereocenters. The highest BCUT2D eigenvalue weighted by molar-refractivity contribution is 8.04. The van der Waals surface area contributed by atoms with Crippen LogP contribution in [0.25, 0.3) is 15.8 Å². The predicted octanol–water partition coefficient (Wildman–Crippen LogP) is 8.07. The molecule has 0 aliphatic carbocycles. The molecule has 1 amide bonds. The van der Waals surface area contributed by atoms with Gasteiger partial charge in [-0.05, 0) is 48.5 Å².